The molecule has 3 aromatic carbocycles. The Hall–Kier alpha value is -4.21. The lowest BCUT2D eigenvalue weighted by Gasteiger charge is -2.30. The third-order valence-electron chi connectivity index (χ3n) is 8.70. The third-order valence-corrected chi connectivity index (χ3v) is 8.70. The summed E-state index contributed by atoms with van der Waals surface area (Å²) in [7, 11) is 0. The predicted octanol–water partition coefficient (Wildman–Crippen LogP) is 3.78. The third kappa shape index (κ3) is 5.62. The van der Waals surface area contributed by atoms with Crippen LogP contribution in [0.1, 0.15) is 35.4 Å². The summed E-state index contributed by atoms with van der Waals surface area (Å²) in [4.78, 5) is 40.7. The van der Waals surface area contributed by atoms with E-state index in [4.69, 9.17) is 9.47 Å². The van der Waals surface area contributed by atoms with Crippen molar-refractivity contribution in [3.63, 3.8) is 0 Å². The minimum Gasteiger partial charge on any atom is -0.479 e. The number of aliphatic carboxylic acids is 1. The van der Waals surface area contributed by atoms with Crippen LogP contribution in [0.25, 0.3) is 11.1 Å². The molecule has 2 aliphatic heterocycles. The normalized spacial score (nSPS) is 23.2. The fraction of sp³-hybridized carbons (Fsp3) is 0.364. The number of likely N-dealkylation sites (tertiary alicyclic amines) is 1. The molecule has 2 amide bonds. The molecule has 2 fully saturated rings. The summed E-state index contributed by atoms with van der Waals surface area (Å²) in [6, 6.07) is 26.2. The van der Waals surface area contributed by atoms with Crippen LogP contribution in [0.5, 0.6) is 0 Å². The van der Waals surface area contributed by atoms with E-state index in [1.165, 1.54) is 0 Å². The Bertz CT molecular complexity index is 1420. The number of carboxylic acids is 1. The van der Waals surface area contributed by atoms with Gasteiger partial charge in [-0.15, -0.1) is 0 Å². The Morgan fingerprint density at radius 1 is 0.952 bits per heavy atom. The van der Waals surface area contributed by atoms with E-state index in [0.29, 0.717) is 39.1 Å². The summed E-state index contributed by atoms with van der Waals surface area (Å²) in [6.07, 6.45) is -0.653. The molecule has 3 aromatic rings. The van der Waals surface area contributed by atoms with Crippen LogP contribution in [0.2, 0.25) is 0 Å². The molecule has 0 aromatic heterocycles. The second-order valence-corrected chi connectivity index (χ2v) is 11.4. The van der Waals surface area contributed by atoms with Crippen molar-refractivity contribution in [3.05, 3.63) is 95.6 Å². The maximum Gasteiger partial charge on any atom is 0.408 e. The molecule has 0 saturated carbocycles. The van der Waals surface area contributed by atoms with Gasteiger partial charge in [0.25, 0.3) is 0 Å². The second-order valence-electron chi connectivity index (χ2n) is 11.4. The molecule has 6 rings (SSSR count). The summed E-state index contributed by atoms with van der Waals surface area (Å²) in [6.45, 7) is 2.19. The van der Waals surface area contributed by atoms with Crippen molar-refractivity contribution in [1.29, 1.82) is 0 Å². The van der Waals surface area contributed by atoms with Crippen LogP contribution in [-0.2, 0) is 25.6 Å². The molecule has 0 bridgehead atoms. The van der Waals surface area contributed by atoms with Gasteiger partial charge in [-0.1, -0.05) is 78.9 Å². The summed E-state index contributed by atoms with van der Waals surface area (Å²) in [5.41, 5.74) is 4.40. The van der Waals surface area contributed by atoms with Crippen LogP contribution in [0, 0.1) is 5.92 Å². The van der Waals surface area contributed by atoms with Crippen molar-refractivity contribution in [2.24, 2.45) is 5.92 Å². The van der Waals surface area contributed by atoms with E-state index in [0.717, 1.165) is 27.8 Å². The highest BCUT2D eigenvalue weighted by atomic mass is 16.5. The molecule has 42 heavy (non-hydrogen) atoms. The second kappa shape index (κ2) is 12.0. The Balaban J connectivity index is 1.15. The standard InChI is InChI=1S/C33H35N3O6/c37-30(38)29-23(14-17-41-29)18-34-31(39)33(15-16-36(21-33)19-22-8-2-1-3-9-22)35-32(40)42-20-28-26-12-6-4-10-24(26)25-11-5-7-13-27(25)28/h1-13,23,28-29H,14-21H2,(H,34,39)(H,35,40)(H,37,38)/t23-,29-,33?/m1/s1. The summed E-state index contributed by atoms with van der Waals surface area (Å²) in [5.74, 6) is -1.81. The molecule has 2 heterocycles. The van der Waals surface area contributed by atoms with Crippen LogP contribution in [0.3, 0.4) is 0 Å². The molecule has 9 heteroatoms. The summed E-state index contributed by atoms with van der Waals surface area (Å²) < 4.78 is 11.2. The Kier molecular flexibility index (Phi) is 7.95. The molecule has 1 unspecified atom stereocenters. The van der Waals surface area contributed by atoms with E-state index in [9.17, 15) is 19.5 Å². The monoisotopic (exact) mass is 569 g/mol. The molecule has 218 valence electrons. The zero-order chi connectivity index (χ0) is 29.1. The van der Waals surface area contributed by atoms with Crippen LogP contribution >= 0.6 is 0 Å². The number of fused-ring (bicyclic) bond motifs is 3. The maximum atomic E-state index is 13.7. The highest BCUT2D eigenvalue weighted by Gasteiger charge is 2.47. The van der Waals surface area contributed by atoms with Gasteiger partial charge in [0.2, 0.25) is 5.91 Å². The van der Waals surface area contributed by atoms with Crippen molar-refractivity contribution in [3.8, 4) is 11.1 Å². The van der Waals surface area contributed by atoms with Gasteiger partial charge >= 0.3 is 12.1 Å². The first-order valence-corrected chi connectivity index (χ1v) is 14.5. The highest BCUT2D eigenvalue weighted by molar-refractivity contribution is 5.91. The summed E-state index contributed by atoms with van der Waals surface area (Å²) in [5, 5.41) is 15.3. The number of benzene rings is 3. The molecule has 3 aliphatic rings. The first kappa shape index (κ1) is 27.9. The van der Waals surface area contributed by atoms with E-state index in [-0.39, 0.29) is 30.9 Å². The van der Waals surface area contributed by atoms with Gasteiger partial charge in [0.15, 0.2) is 6.10 Å². The van der Waals surface area contributed by atoms with E-state index in [1.807, 2.05) is 54.6 Å². The molecule has 0 spiro atoms. The molecule has 3 N–H and O–H groups in total. The Morgan fingerprint density at radius 2 is 1.62 bits per heavy atom. The number of ether oxygens (including phenoxy) is 2. The van der Waals surface area contributed by atoms with Gasteiger partial charge in [-0.2, -0.15) is 0 Å². The average molecular weight is 570 g/mol. The lowest BCUT2D eigenvalue weighted by atomic mass is 9.96. The van der Waals surface area contributed by atoms with Gasteiger partial charge in [-0.25, -0.2) is 9.59 Å². The lowest BCUT2D eigenvalue weighted by Crippen LogP contribution is -2.61. The van der Waals surface area contributed by atoms with Gasteiger partial charge in [0, 0.05) is 44.6 Å². The van der Waals surface area contributed by atoms with Gasteiger partial charge < -0.3 is 25.2 Å². The van der Waals surface area contributed by atoms with Gasteiger partial charge in [0.05, 0.1) is 0 Å². The quantitative estimate of drug-likeness (QED) is 0.359. The van der Waals surface area contributed by atoms with Crippen molar-refractivity contribution in [2.45, 2.75) is 36.9 Å². The van der Waals surface area contributed by atoms with Crippen LogP contribution in [0.15, 0.2) is 78.9 Å². The van der Waals surface area contributed by atoms with Crippen molar-refractivity contribution < 1.29 is 29.0 Å². The number of nitrogens with one attached hydrogen (secondary N) is 2. The van der Waals surface area contributed by atoms with E-state index >= 15 is 0 Å². The lowest BCUT2D eigenvalue weighted by molar-refractivity contribution is -0.149. The number of carbonyl (C=O) groups is 3. The molecule has 0 radical (unpaired) electrons. The topological polar surface area (TPSA) is 117 Å². The fourth-order valence-corrected chi connectivity index (χ4v) is 6.55. The van der Waals surface area contributed by atoms with Gasteiger partial charge in [0.1, 0.15) is 12.1 Å². The highest BCUT2D eigenvalue weighted by Crippen LogP contribution is 2.44. The first-order chi connectivity index (χ1) is 20.4. The molecule has 3 atom stereocenters. The van der Waals surface area contributed by atoms with Crippen LogP contribution in [0.4, 0.5) is 4.79 Å². The van der Waals surface area contributed by atoms with E-state index in [2.05, 4.69) is 39.8 Å². The zero-order valence-electron chi connectivity index (χ0n) is 23.3. The first-order valence-electron chi connectivity index (χ1n) is 14.5. The number of nitrogens with zero attached hydrogens (tertiary/aromatic N) is 1. The summed E-state index contributed by atoms with van der Waals surface area (Å²) >= 11 is 0. The predicted molar refractivity (Wildman–Crippen MR) is 156 cm³/mol. The number of rotatable bonds is 9. The Labute approximate surface area is 244 Å². The van der Waals surface area contributed by atoms with Crippen LogP contribution in [-0.4, -0.2) is 72.5 Å². The average Bonchev–Trinajstić information content (AvgIpc) is 3.72. The number of amides is 2. The number of hydrogen-bond donors (Lipinski definition) is 3. The molecule has 9 nitrogen and oxygen atoms in total. The number of alkyl carbamates (subject to hydrolysis) is 1. The van der Waals surface area contributed by atoms with Gasteiger partial charge in [-0.05, 0) is 40.7 Å². The molecule has 2 saturated heterocycles. The molecular weight excluding hydrogens is 534 g/mol. The minimum atomic E-state index is -1.21. The van der Waals surface area contributed by atoms with Crippen molar-refractivity contribution in [1.82, 2.24) is 15.5 Å². The fourth-order valence-electron chi connectivity index (χ4n) is 6.55. The van der Waals surface area contributed by atoms with Gasteiger partial charge in [-0.3, -0.25) is 9.69 Å². The Morgan fingerprint density at radius 3 is 2.31 bits per heavy atom. The maximum absolute atomic E-state index is 13.7. The smallest absolute Gasteiger partial charge is 0.408 e. The van der Waals surface area contributed by atoms with E-state index < -0.39 is 23.7 Å². The molecule has 1 aliphatic carbocycles. The largest absolute Gasteiger partial charge is 0.479 e. The van der Waals surface area contributed by atoms with Crippen molar-refractivity contribution >= 4 is 18.0 Å². The number of carboxylic acid groups (broad SMARTS) is 1. The van der Waals surface area contributed by atoms with Crippen LogP contribution < -0.4 is 10.6 Å². The van der Waals surface area contributed by atoms with Crippen molar-refractivity contribution in [2.75, 3.05) is 32.8 Å². The zero-order valence-corrected chi connectivity index (χ0v) is 23.3. The SMILES string of the molecule is O=C(NC1(C(=O)NC[C@H]2CCO[C@H]2C(=O)O)CCN(Cc2ccccc2)C1)OCC1c2ccccc2-c2ccccc21. The number of hydrogen-bond acceptors (Lipinski definition) is 6. The van der Waals surface area contributed by atoms with E-state index in [1.54, 1.807) is 0 Å². The number of carbonyl (C=O) groups excluding carboxylic acids is 2. The molecular formula is C33H35N3O6. The minimum absolute atomic E-state index is 0.0959.